The zero-order chi connectivity index (χ0) is 77.3. The van der Waals surface area contributed by atoms with Crippen LogP contribution in [0.3, 0.4) is 0 Å². The monoisotopic (exact) mass is 1500 g/mol. The van der Waals surface area contributed by atoms with Crippen molar-refractivity contribution in [3.63, 3.8) is 0 Å². The van der Waals surface area contributed by atoms with Crippen LogP contribution in [-0.4, -0.2) is 8.80 Å². The highest BCUT2D eigenvalue weighted by atomic mass is 19.1. The number of halogens is 1. The van der Waals surface area contributed by atoms with Crippen molar-refractivity contribution < 1.29 is 8.81 Å². The van der Waals surface area contributed by atoms with Crippen molar-refractivity contribution in [3.05, 3.63) is 432 Å². The molecule has 0 saturated heterocycles. The molecule has 0 radical (unpaired) electrons. The van der Waals surface area contributed by atoms with Crippen molar-refractivity contribution in [2.45, 2.75) is 36.5 Å². The zero-order valence-corrected chi connectivity index (χ0v) is 64.5. The molecule has 5 heterocycles. The first-order valence-corrected chi connectivity index (χ1v) is 41.2. The van der Waals surface area contributed by atoms with Crippen LogP contribution in [0, 0.1) is 5.82 Å². The van der Waals surface area contributed by atoms with Crippen LogP contribution in [0.5, 0.6) is 0 Å². The van der Waals surface area contributed by atoms with Gasteiger partial charge in [0.25, 0.3) is 0 Å². The van der Waals surface area contributed by atoms with Crippen LogP contribution in [-0.2, 0) is 22.7 Å². The van der Waals surface area contributed by atoms with Crippen molar-refractivity contribution in [2.75, 3.05) is 9.80 Å². The minimum Gasteiger partial charge on any atom is -0.456 e. The van der Waals surface area contributed by atoms with Gasteiger partial charge in [0.1, 0.15) is 17.0 Å². The Hall–Kier alpha value is -14.9. The second-order valence-corrected chi connectivity index (χ2v) is 33.9. The molecule has 6 heteroatoms. The average molecular weight is 1510 g/mol. The summed E-state index contributed by atoms with van der Waals surface area (Å²) in [5.41, 5.74) is 36.0. The summed E-state index contributed by atoms with van der Waals surface area (Å²) in [6, 6.07) is 138. The molecule has 0 fully saturated rings. The predicted octanol–water partition coefficient (Wildman–Crippen LogP) is 29.3. The van der Waals surface area contributed by atoms with E-state index in [1.54, 1.807) is 12.1 Å². The van der Waals surface area contributed by atoms with E-state index in [1.165, 1.54) is 176 Å². The molecule has 23 aromatic rings. The maximum absolute atomic E-state index is 15.7. The maximum atomic E-state index is 15.7. The zero-order valence-electron chi connectivity index (χ0n) is 64.5. The lowest BCUT2D eigenvalue weighted by molar-refractivity contribution is 0.522. The van der Waals surface area contributed by atoms with Gasteiger partial charge in [0.15, 0.2) is 0 Å². The fourth-order valence-corrected chi connectivity index (χ4v) is 23.1. The topological polar surface area (TPSA) is 28.4 Å². The maximum Gasteiger partial charge on any atom is 0.136 e. The van der Waals surface area contributed by atoms with Gasteiger partial charge in [-0.3, -0.25) is 0 Å². The van der Waals surface area contributed by atoms with Gasteiger partial charge in [-0.2, -0.15) is 0 Å². The molecule has 0 aliphatic heterocycles. The lowest BCUT2D eigenvalue weighted by Crippen LogP contribution is -2.26. The molecule has 5 nitrogen and oxygen atoms in total. The van der Waals surface area contributed by atoms with Crippen LogP contribution < -0.4 is 9.80 Å². The molecule has 118 heavy (non-hydrogen) atoms. The summed E-state index contributed by atoms with van der Waals surface area (Å²) in [5.74, 6) is -0.281. The van der Waals surface area contributed by atoms with Crippen molar-refractivity contribution in [2.24, 2.45) is 0 Å². The van der Waals surface area contributed by atoms with Crippen LogP contribution in [0.1, 0.15) is 69.5 Å². The number of benzene rings is 18. The molecule has 0 atom stereocenters. The first kappa shape index (κ1) is 64.5. The molecule has 550 valence electrons. The van der Waals surface area contributed by atoms with Crippen LogP contribution >= 0.6 is 0 Å². The fourth-order valence-electron chi connectivity index (χ4n) is 23.1. The van der Waals surface area contributed by atoms with Crippen LogP contribution in [0.15, 0.2) is 374 Å². The predicted molar refractivity (Wildman–Crippen MR) is 486 cm³/mol. The van der Waals surface area contributed by atoms with Gasteiger partial charge < -0.3 is 23.0 Å². The lowest BCUT2D eigenvalue weighted by Gasteiger charge is -2.33. The standard InChI is InChI=1S/C112H69FN4O/c1-110(2,68-47-51-71(52-48-68)114(72-53-49-69(113)50-54-72)98-62-94-102(108-104(98)84-37-22-35-80-78-32-14-21-45-96(78)116(108)106(80)84)82-33-12-19-43-92(82)111(94)88-39-15-8-28-74(88)75-29-9-16-40-89(75)111)64-65-46-56-79-81-36-23-38-85-105-99(115(70-26-4-3-5-27-70)73-55-57-100-87(61-73)86-59-66-24-6-7-25-67(66)60-101(86)118-100)63-95-103(109(105)117(107(81)85)97(79)58-65)83-34-13-20-44-93(83)112(95)90-41-17-10-30-76(90)77-31-11-18-42-91(77)112/h3-63H,64H2,1-2H3. The van der Waals surface area contributed by atoms with Crippen molar-refractivity contribution in [1.29, 1.82) is 0 Å². The summed E-state index contributed by atoms with van der Waals surface area (Å²) in [5, 5.41) is 14.1. The summed E-state index contributed by atoms with van der Waals surface area (Å²) < 4.78 is 27.8. The Kier molecular flexibility index (Phi) is 12.6. The highest BCUT2D eigenvalue weighted by Gasteiger charge is 2.55. The Balaban J connectivity index is 0.661. The van der Waals surface area contributed by atoms with Crippen LogP contribution in [0.2, 0.25) is 0 Å². The van der Waals surface area contributed by atoms with E-state index >= 15 is 4.39 Å². The van der Waals surface area contributed by atoms with Gasteiger partial charge in [0.05, 0.1) is 55.3 Å². The smallest absolute Gasteiger partial charge is 0.136 e. The summed E-state index contributed by atoms with van der Waals surface area (Å²) in [7, 11) is 0. The number of aromatic nitrogens is 2. The van der Waals surface area contributed by atoms with E-state index < -0.39 is 10.8 Å². The minimum atomic E-state index is -0.656. The van der Waals surface area contributed by atoms with Gasteiger partial charge in [0.2, 0.25) is 0 Å². The van der Waals surface area contributed by atoms with Gasteiger partial charge in [-0.05, 0) is 215 Å². The number of furan rings is 1. The highest BCUT2D eigenvalue weighted by molar-refractivity contribution is 6.32. The number of nitrogens with zero attached hydrogens (tertiary/aromatic N) is 4. The van der Waals surface area contributed by atoms with Gasteiger partial charge in [0, 0.05) is 87.7 Å². The largest absolute Gasteiger partial charge is 0.456 e. The number of para-hydroxylation sites is 4. The highest BCUT2D eigenvalue weighted by Crippen LogP contribution is 2.69. The van der Waals surface area contributed by atoms with Gasteiger partial charge in [-0.1, -0.05) is 281 Å². The summed E-state index contributed by atoms with van der Waals surface area (Å²) in [4.78, 5) is 4.95. The van der Waals surface area contributed by atoms with E-state index in [2.05, 4.69) is 378 Å². The van der Waals surface area contributed by atoms with Crippen LogP contribution in [0.4, 0.5) is 38.5 Å². The first-order chi connectivity index (χ1) is 58.2. The lowest BCUT2D eigenvalue weighted by atomic mass is 9.70. The molecule has 27 rings (SSSR count). The van der Waals surface area contributed by atoms with Crippen molar-refractivity contribution in [3.8, 4) is 44.5 Å². The minimum absolute atomic E-state index is 0.281. The molecule has 0 unspecified atom stereocenters. The summed E-state index contributed by atoms with van der Waals surface area (Å²) in [6.45, 7) is 4.81. The van der Waals surface area contributed by atoms with Gasteiger partial charge >= 0.3 is 0 Å². The van der Waals surface area contributed by atoms with E-state index in [-0.39, 0.29) is 11.2 Å². The number of fused-ring (bicyclic) bond motifs is 38. The third kappa shape index (κ3) is 8.09. The van der Waals surface area contributed by atoms with Crippen molar-refractivity contribution in [1.82, 2.24) is 8.80 Å². The molecule has 0 saturated carbocycles. The van der Waals surface area contributed by atoms with Gasteiger partial charge in [-0.25, -0.2) is 4.39 Å². The second-order valence-electron chi connectivity index (χ2n) is 33.9. The Labute approximate surface area is 678 Å². The molecule has 4 aliphatic carbocycles. The summed E-state index contributed by atoms with van der Waals surface area (Å²) >= 11 is 0. The molecule has 0 amide bonds. The Morgan fingerprint density at radius 3 is 1.27 bits per heavy atom. The molecular weight excluding hydrogens is 1440 g/mol. The van der Waals surface area contributed by atoms with E-state index in [9.17, 15) is 0 Å². The average Bonchev–Trinajstić information content (AvgIpc) is 1.49. The quantitative estimate of drug-likeness (QED) is 0.144. The SMILES string of the molecule is CC(C)(Cc1ccc2c3cccc4c5c(N(c6ccccc6)c6ccc7oc8cc9ccccc9cc8c7c6)cc6c(c5n(c2c1)c34)-c1ccccc1C61c2ccccc2-c2ccccc21)c1ccc(N(c2ccc(F)cc2)c2cc3c(c4c2c2cccc5c6ccccc6n4c52)-c2ccccc2C32c3ccccc3-c3ccccc32)cc1. The first-order valence-electron chi connectivity index (χ1n) is 41.2. The van der Waals surface area contributed by atoms with Crippen LogP contribution in [0.25, 0.3) is 153 Å². The van der Waals surface area contributed by atoms with E-state index in [1.807, 2.05) is 12.1 Å². The Morgan fingerprint density at radius 1 is 0.297 bits per heavy atom. The normalized spacial score (nSPS) is 13.9. The van der Waals surface area contributed by atoms with Crippen molar-refractivity contribution >= 4 is 143 Å². The molecule has 0 bridgehead atoms. The number of anilines is 6. The molecular formula is C112H69FN4O. The summed E-state index contributed by atoms with van der Waals surface area (Å²) in [6.07, 6.45) is 0.756. The molecule has 5 aromatic heterocycles. The second kappa shape index (κ2) is 23.0. The molecule has 4 aliphatic rings. The van der Waals surface area contributed by atoms with E-state index in [4.69, 9.17) is 4.42 Å². The Bertz CT molecular complexity index is 8250. The van der Waals surface area contributed by atoms with Gasteiger partial charge in [-0.15, -0.1) is 0 Å². The van der Waals surface area contributed by atoms with E-state index in [0.717, 1.165) is 73.3 Å². The molecule has 0 N–H and O–H groups in total. The Morgan fingerprint density at radius 2 is 0.712 bits per heavy atom. The number of hydrogen-bond acceptors (Lipinski definition) is 3. The third-order valence-electron chi connectivity index (χ3n) is 27.7. The third-order valence-corrected chi connectivity index (χ3v) is 27.7. The number of rotatable bonds is 9. The fraction of sp³-hybridized carbons (Fsp3) is 0.0536. The molecule has 2 spiro atoms. The number of hydrogen-bond donors (Lipinski definition) is 0. The molecule has 18 aromatic carbocycles. The van der Waals surface area contributed by atoms with E-state index in [0.29, 0.717) is 0 Å².